The van der Waals surface area contributed by atoms with Gasteiger partial charge in [0.1, 0.15) is 5.75 Å². The van der Waals surface area contributed by atoms with Crippen molar-refractivity contribution in [3.05, 3.63) is 42.0 Å². The number of hydrogen-bond acceptors (Lipinski definition) is 2. The fourth-order valence-corrected chi connectivity index (χ4v) is 1.94. The molecule has 0 heterocycles. The lowest BCUT2D eigenvalue weighted by Crippen LogP contribution is -2.11. The molecule has 2 nitrogen and oxygen atoms in total. The smallest absolute Gasteiger partial charge is 0.120 e. The molecule has 0 saturated heterocycles. The largest absolute Gasteiger partial charge is 0.508 e. The van der Waals surface area contributed by atoms with E-state index < -0.39 is 12.7 Å². The first-order valence-corrected chi connectivity index (χ1v) is 5.26. The summed E-state index contributed by atoms with van der Waals surface area (Å²) in [6.45, 7) is -0.482. The van der Waals surface area contributed by atoms with Gasteiger partial charge in [0.25, 0.3) is 0 Å². The molecule has 0 aromatic heterocycles. The van der Waals surface area contributed by atoms with E-state index in [-0.39, 0.29) is 12.2 Å². The predicted octanol–water partition coefficient (Wildman–Crippen LogP) is 2.90. The second kappa shape index (κ2) is 4.49. The third-order valence-electron chi connectivity index (χ3n) is 2.74. The Hall–Kier alpha value is -1.61. The molecule has 0 fully saturated rings. The number of benzene rings is 2. The maximum Gasteiger partial charge on any atom is 0.120 e. The van der Waals surface area contributed by atoms with E-state index in [1.165, 1.54) is 0 Å². The SMILES string of the molecule is N[C@H](CCF)c1c(O)ccc2ccccc12. The van der Waals surface area contributed by atoms with Crippen LogP contribution in [0.1, 0.15) is 18.0 Å². The molecule has 0 aliphatic heterocycles. The maximum atomic E-state index is 12.3. The minimum Gasteiger partial charge on any atom is -0.508 e. The van der Waals surface area contributed by atoms with Crippen molar-refractivity contribution < 1.29 is 9.50 Å². The zero-order chi connectivity index (χ0) is 11.5. The van der Waals surface area contributed by atoms with Gasteiger partial charge in [-0.05, 0) is 23.3 Å². The van der Waals surface area contributed by atoms with Crippen LogP contribution in [0.15, 0.2) is 36.4 Å². The summed E-state index contributed by atoms with van der Waals surface area (Å²) in [7, 11) is 0. The minimum atomic E-state index is -0.482. The highest BCUT2D eigenvalue weighted by Crippen LogP contribution is 2.32. The molecule has 0 radical (unpaired) electrons. The van der Waals surface area contributed by atoms with Crippen molar-refractivity contribution in [1.82, 2.24) is 0 Å². The average molecular weight is 219 g/mol. The Labute approximate surface area is 93.5 Å². The Morgan fingerprint density at radius 2 is 1.94 bits per heavy atom. The normalized spacial score (nSPS) is 12.9. The van der Waals surface area contributed by atoms with E-state index in [4.69, 9.17) is 5.73 Å². The van der Waals surface area contributed by atoms with Gasteiger partial charge in [-0.1, -0.05) is 30.3 Å². The van der Waals surface area contributed by atoms with Crippen LogP contribution < -0.4 is 5.73 Å². The van der Waals surface area contributed by atoms with E-state index in [0.29, 0.717) is 5.56 Å². The summed E-state index contributed by atoms with van der Waals surface area (Å²) < 4.78 is 12.3. The summed E-state index contributed by atoms with van der Waals surface area (Å²) in [6, 6.07) is 10.6. The first-order chi connectivity index (χ1) is 7.74. The minimum absolute atomic E-state index is 0.139. The van der Waals surface area contributed by atoms with E-state index >= 15 is 0 Å². The Morgan fingerprint density at radius 1 is 1.19 bits per heavy atom. The highest BCUT2D eigenvalue weighted by molar-refractivity contribution is 5.88. The monoisotopic (exact) mass is 219 g/mol. The number of alkyl halides is 1. The first kappa shape index (κ1) is 10.9. The van der Waals surface area contributed by atoms with Crippen molar-refractivity contribution in [2.24, 2.45) is 5.73 Å². The molecular formula is C13H14FNO. The van der Waals surface area contributed by atoms with Gasteiger partial charge in [0, 0.05) is 11.6 Å². The second-order valence-electron chi connectivity index (χ2n) is 3.80. The number of nitrogens with two attached hydrogens (primary N) is 1. The van der Waals surface area contributed by atoms with Crippen LogP contribution in [-0.4, -0.2) is 11.8 Å². The van der Waals surface area contributed by atoms with E-state index in [2.05, 4.69) is 0 Å². The van der Waals surface area contributed by atoms with E-state index in [1.807, 2.05) is 30.3 Å². The topological polar surface area (TPSA) is 46.2 Å². The van der Waals surface area contributed by atoms with E-state index in [1.54, 1.807) is 6.07 Å². The molecule has 0 saturated carbocycles. The van der Waals surface area contributed by atoms with Crippen molar-refractivity contribution in [2.75, 3.05) is 6.67 Å². The molecule has 2 aromatic rings. The number of fused-ring (bicyclic) bond motifs is 1. The molecule has 1 atom stereocenters. The summed E-state index contributed by atoms with van der Waals surface area (Å²) in [5.74, 6) is 0.139. The number of rotatable bonds is 3. The zero-order valence-corrected chi connectivity index (χ0v) is 8.86. The number of phenolic OH excluding ortho intramolecular Hbond substituents is 1. The van der Waals surface area contributed by atoms with Crippen LogP contribution in [0.4, 0.5) is 4.39 Å². The van der Waals surface area contributed by atoms with Gasteiger partial charge in [-0.2, -0.15) is 0 Å². The third-order valence-corrected chi connectivity index (χ3v) is 2.74. The van der Waals surface area contributed by atoms with Crippen LogP contribution in [0, 0.1) is 0 Å². The van der Waals surface area contributed by atoms with Crippen molar-refractivity contribution in [2.45, 2.75) is 12.5 Å². The van der Waals surface area contributed by atoms with Gasteiger partial charge in [-0.15, -0.1) is 0 Å². The first-order valence-electron chi connectivity index (χ1n) is 5.26. The fraction of sp³-hybridized carbons (Fsp3) is 0.231. The molecule has 0 aliphatic rings. The van der Waals surface area contributed by atoms with Crippen molar-refractivity contribution in [3.8, 4) is 5.75 Å². The molecule has 0 amide bonds. The van der Waals surface area contributed by atoms with E-state index in [9.17, 15) is 9.50 Å². The highest BCUT2D eigenvalue weighted by Gasteiger charge is 2.14. The molecule has 0 bridgehead atoms. The van der Waals surface area contributed by atoms with Crippen LogP contribution in [0.3, 0.4) is 0 Å². The lowest BCUT2D eigenvalue weighted by molar-refractivity contribution is 0.426. The number of phenols is 1. The molecule has 0 unspecified atom stereocenters. The number of aromatic hydroxyl groups is 1. The van der Waals surface area contributed by atoms with Gasteiger partial charge in [-0.3, -0.25) is 4.39 Å². The maximum absolute atomic E-state index is 12.3. The number of halogens is 1. The Bertz CT molecular complexity index is 498. The van der Waals surface area contributed by atoms with Crippen molar-refractivity contribution in [1.29, 1.82) is 0 Å². The average Bonchev–Trinajstić information content (AvgIpc) is 2.29. The standard InChI is InChI=1S/C13H14FNO/c14-8-7-11(15)13-10-4-2-1-3-9(10)5-6-12(13)16/h1-6,11,16H,7-8,15H2/t11-/m1/s1. The molecular weight excluding hydrogens is 205 g/mol. The van der Waals surface area contributed by atoms with Gasteiger partial charge < -0.3 is 10.8 Å². The molecule has 3 heteroatoms. The quantitative estimate of drug-likeness (QED) is 0.833. The van der Waals surface area contributed by atoms with E-state index in [0.717, 1.165) is 10.8 Å². The van der Waals surface area contributed by atoms with Crippen LogP contribution in [0.25, 0.3) is 10.8 Å². The molecule has 2 aromatic carbocycles. The van der Waals surface area contributed by atoms with Gasteiger partial charge in [-0.25, -0.2) is 0 Å². The van der Waals surface area contributed by atoms with Gasteiger partial charge >= 0.3 is 0 Å². The summed E-state index contributed by atoms with van der Waals surface area (Å²) in [6.07, 6.45) is 0.224. The molecule has 16 heavy (non-hydrogen) atoms. The summed E-state index contributed by atoms with van der Waals surface area (Å²) >= 11 is 0. The Balaban J connectivity index is 2.61. The Kier molecular flexibility index (Phi) is 3.06. The molecule has 2 rings (SSSR count). The second-order valence-corrected chi connectivity index (χ2v) is 3.80. The molecule has 0 spiro atoms. The fourth-order valence-electron chi connectivity index (χ4n) is 1.94. The van der Waals surface area contributed by atoms with Crippen LogP contribution in [0.5, 0.6) is 5.75 Å². The van der Waals surface area contributed by atoms with Crippen LogP contribution >= 0.6 is 0 Å². The number of hydrogen-bond donors (Lipinski definition) is 2. The summed E-state index contributed by atoms with van der Waals surface area (Å²) in [4.78, 5) is 0. The Morgan fingerprint density at radius 3 is 2.69 bits per heavy atom. The highest BCUT2D eigenvalue weighted by atomic mass is 19.1. The molecule has 84 valence electrons. The lowest BCUT2D eigenvalue weighted by atomic mass is 9.96. The molecule has 3 N–H and O–H groups in total. The van der Waals surface area contributed by atoms with Crippen LogP contribution in [-0.2, 0) is 0 Å². The van der Waals surface area contributed by atoms with Crippen molar-refractivity contribution >= 4 is 10.8 Å². The van der Waals surface area contributed by atoms with Gasteiger partial charge in [0.05, 0.1) is 6.67 Å². The predicted molar refractivity (Wildman–Crippen MR) is 63.1 cm³/mol. The summed E-state index contributed by atoms with van der Waals surface area (Å²) in [5.41, 5.74) is 6.51. The van der Waals surface area contributed by atoms with Gasteiger partial charge in [0.15, 0.2) is 0 Å². The van der Waals surface area contributed by atoms with Gasteiger partial charge in [0.2, 0.25) is 0 Å². The van der Waals surface area contributed by atoms with Crippen molar-refractivity contribution in [3.63, 3.8) is 0 Å². The van der Waals surface area contributed by atoms with Crippen LogP contribution in [0.2, 0.25) is 0 Å². The molecule has 0 aliphatic carbocycles. The zero-order valence-electron chi connectivity index (χ0n) is 8.86. The summed E-state index contributed by atoms with van der Waals surface area (Å²) in [5, 5.41) is 11.7. The lowest BCUT2D eigenvalue weighted by Gasteiger charge is -2.14. The third kappa shape index (κ3) is 1.86.